The zero-order valence-corrected chi connectivity index (χ0v) is 19.9. The number of para-hydroxylation sites is 1. The zero-order chi connectivity index (χ0) is 23.5. The summed E-state index contributed by atoms with van der Waals surface area (Å²) in [5, 5.41) is 4.03. The molecule has 3 rings (SSSR count). The number of carbonyl (C=O) groups is 1. The first kappa shape index (κ1) is 24.1. The van der Waals surface area contributed by atoms with Crippen LogP contribution in [0.25, 0.3) is 0 Å². The van der Waals surface area contributed by atoms with E-state index in [1.165, 1.54) is 0 Å². The first-order chi connectivity index (χ1) is 16.1. The molecule has 170 valence electrons. The molecule has 0 unspecified atom stereocenters. The molecule has 0 saturated carbocycles. The number of amides is 1. The van der Waals surface area contributed by atoms with Gasteiger partial charge in [0.2, 0.25) is 0 Å². The van der Waals surface area contributed by atoms with Crippen LogP contribution in [0.1, 0.15) is 16.7 Å². The maximum atomic E-state index is 12.2. The molecule has 33 heavy (non-hydrogen) atoms. The summed E-state index contributed by atoms with van der Waals surface area (Å²) >= 11 is 3.46. The summed E-state index contributed by atoms with van der Waals surface area (Å²) in [5.74, 6) is 1.31. The third kappa shape index (κ3) is 7.50. The topological polar surface area (TPSA) is 69.2 Å². The number of carbonyl (C=O) groups excluding carboxylic acids is 1. The Morgan fingerprint density at radius 3 is 2.64 bits per heavy atom. The first-order valence-corrected chi connectivity index (χ1v) is 11.1. The molecule has 0 heterocycles. The summed E-state index contributed by atoms with van der Waals surface area (Å²) in [6.45, 7) is 3.94. The van der Waals surface area contributed by atoms with E-state index < -0.39 is 5.91 Å². The van der Waals surface area contributed by atoms with Gasteiger partial charge in [-0.1, -0.05) is 52.3 Å². The highest BCUT2D eigenvalue weighted by molar-refractivity contribution is 9.10. The first-order valence-electron chi connectivity index (χ1n) is 10.3. The van der Waals surface area contributed by atoms with E-state index in [9.17, 15) is 4.79 Å². The average Bonchev–Trinajstić information content (AvgIpc) is 2.82. The summed E-state index contributed by atoms with van der Waals surface area (Å²) in [6.07, 6.45) is 4.07. The van der Waals surface area contributed by atoms with Gasteiger partial charge in [0.15, 0.2) is 18.1 Å². The summed E-state index contributed by atoms with van der Waals surface area (Å²) in [7, 11) is 1.56. The average molecular weight is 509 g/mol. The highest BCUT2D eigenvalue weighted by Gasteiger charge is 2.08. The molecule has 3 aromatic rings. The van der Waals surface area contributed by atoms with Crippen LogP contribution in [0.4, 0.5) is 0 Å². The Morgan fingerprint density at radius 1 is 1.00 bits per heavy atom. The van der Waals surface area contributed by atoms with Gasteiger partial charge in [-0.2, -0.15) is 5.10 Å². The number of halogens is 1. The number of allylic oxidation sites excluding steroid dienone is 1. The number of nitrogens with one attached hydrogen (secondary N) is 1. The highest BCUT2D eigenvalue weighted by Crippen LogP contribution is 2.28. The number of rotatable bonds is 11. The van der Waals surface area contributed by atoms with E-state index in [0.29, 0.717) is 23.9 Å². The van der Waals surface area contributed by atoms with Crippen molar-refractivity contribution in [2.45, 2.75) is 13.0 Å². The van der Waals surface area contributed by atoms with Crippen LogP contribution in [0.5, 0.6) is 17.2 Å². The van der Waals surface area contributed by atoms with Crippen molar-refractivity contribution in [3.8, 4) is 17.2 Å². The molecular formula is C26H25BrN2O4. The van der Waals surface area contributed by atoms with Crippen LogP contribution >= 0.6 is 15.9 Å². The minimum Gasteiger partial charge on any atom is -0.493 e. The van der Waals surface area contributed by atoms with E-state index in [0.717, 1.165) is 27.6 Å². The number of hydrogen-bond donors (Lipinski definition) is 1. The summed E-state index contributed by atoms with van der Waals surface area (Å²) in [6, 6.07) is 20.9. The zero-order valence-electron chi connectivity index (χ0n) is 18.3. The fraction of sp³-hybridized carbons (Fsp3) is 0.154. The maximum Gasteiger partial charge on any atom is 0.277 e. The van der Waals surface area contributed by atoms with E-state index in [-0.39, 0.29) is 6.61 Å². The third-order valence-corrected chi connectivity index (χ3v) is 5.06. The molecule has 0 aliphatic carbocycles. The third-order valence-electron chi connectivity index (χ3n) is 4.56. The van der Waals surface area contributed by atoms with E-state index in [1.807, 2.05) is 66.7 Å². The molecule has 0 aliphatic heterocycles. The Balaban J connectivity index is 1.54. The van der Waals surface area contributed by atoms with Gasteiger partial charge in [0.25, 0.3) is 5.91 Å². The van der Waals surface area contributed by atoms with E-state index in [1.54, 1.807) is 19.4 Å². The summed E-state index contributed by atoms with van der Waals surface area (Å²) in [5.41, 5.74) is 5.29. The molecule has 0 aromatic heterocycles. The molecule has 1 amide bonds. The van der Waals surface area contributed by atoms with Crippen LogP contribution in [0.15, 0.2) is 89.0 Å². The van der Waals surface area contributed by atoms with Crippen LogP contribution in [0.2, 0.25) is 0 Å². The lowest BCUT2D eigenvalue weighted by Crippen LogP contribution is -2.24. The molecule has 3 aromatic carbocycles. The minimum atomic E-state index is -0.393. The number of benzene rings is 3. The lowest BCUT2D eigenvalue weighted by atomic mass is 10.1. The molecule has 1 N–H and O–H groups in total. The van der Waals surface area contributed by atoms with Crippen LogP contribution in [0, 0.1) is 0 Å². The van der Waals surface area contributed by atoms with Crippen molar-refractivity contribution in [3.63, 3.8) is 0 Å². The van der Waals surface area contributed by atoms with Crippen molar-refractivity contribution in [1.29, 1.82) is 0 Å². The normalized spacial score (nSPS) is 10.6. The van der Waals surface area contributed by atoms with Gasteiger partial charge in [-0.25, -0.2) is 5.43 Å². The smallest absolute Gasteiger partial charge is 0.277 e. The quantitative estimate of drug-likeness (QED) is 0.217. The molecule has 0 radical (unpaired) electrons. The molecule has 0 atom stereocenters. The monoisotopic (exact) mass is 508 g/mol. The second-order valence-corrected chi connectivity index (χ2v) is 7.93. The number of methoxy groups -OCH3 is 1. The van der Waals surface area contributed by atoms with Gasteiger partial charge in [-0.05, 0) is 53.9 Å². The number of hydrazone groups is 1. The Labute approximate surface area is 202 Å². The molecule has 7 heteroatoms. The van der Waals surface area contributed by atoms with Gasteiger partial charge in [0.05, 0.1) is 13.3 Å². The van der Waals surface area contributed by atoms with Crippen LogP contribution in [0.3, 0.4) is 0 Å². The van der Waals surface area contributed by atoms with Crippen molar-refractivity contribution in [2.24, 2.45) is 5.10 Å². The summed E-state index contributed by atoms with van der Waals surface area (Å²) < 4.78 is 17.8. The maximum absolute atomic E-state index is 12.2. The molecule has 0 fully saturated rings. The van der Waals surface area contributed by atoms with E-state index in [4.69, 9.17) is 14.2 Å². The van der Waals surface area contributed by atoms with Crippen molar-refractivity contribution in [1.82, 2.24) is 5.43 Å². The SMILES string of the molecule is C=CCc1ccc(OCC(=O)NN=Cc2ccccc2OCc2cccc(Br)c2)c(OC)c1. The molecule has 0 saturated heterocycles. The van der Waals surface area contributed by atoms with Crippen molar-refractivity contribution in [3.05, 3.63) is 101 Å². The van der Waals surface area contributed by atoms with Gasteiger partial charge < -0.3 is 14.2 Å². The Hall–Kier alpha value is -3.58. The Kier molecular flexibility index (Phi) is 9.08. The van der Waals surface area contributed by atoms with Gasteiger partial charge in [0, 0.05) is 10.0 Å². The predicted molar refractivity (Wildman–Crippen MR) is 133 cm³/mol. The van der Waals surface area contributed by atoms with Crippen molar-refractivity contribution in [2.75, 3.05) is 13.7 Å². The van der Waals surface area contributed by atoms with E-state index in [2.05, 4.69) is 33.0 Å². The number of nitrogens with zero attached hydrogens (tertiary/aromatic N) is 1. The fourth-order valence-corrected chi connectivity index (χ4v) is 3.43. The van der Waals surface area contributed by atoms with Gasteiger partial charge in [0.1, 0.15) is 12.4 Å². The standard InChI is InChI=1S/C26H25BrN2O4/c1-3-7-19-12-13-24(25(15-19)31-2)33-18-26(30)29-28-16-21-9-4-5-11-23(21)32-17-20-8-6-10-22(27)14-20/h3-6,8-16H,1,7,17-18H2,2H3,(H,29,30). The van der Waals surface area contributed by atoms with Crippen LogP contribution in [-0.2, 0) is 17.8 Å². The molecule has 0 spiro atoms. The van der Waals surface area contributed by atoms with Gasteiger partial charge in [-0.3, -0.25) is 4.79 Å². The lowest BCUT2D eigenvalue weighted by Gasteiger charge is -2.11. The lowest BCUT2D eigenvalue weighted by molar-refractivity contribution is -0.123. The second-order valence-electron chi connectivity index (χ2n) is 7.02. The predicted octanol–water partition coefficient (Wildman–Crippen LogP) is 5.29. The Morgan fingerprint density at radius 2 is 1.85 bits per heavy atom. The van der Waals surface area contributed by atoms with Crippen LogP contribution < -0.4 is 19.6 Å². The molecule has 0 bridgehead atoms. The largest absolute Gasteiger partial charge is 0.493 e. The van der Waals surface area contributed by atoms with E-state index >= 15 is 0 Å². The van der Waals surface area contributed by atoms with Gasteiger partial charge in [-0.15, -0.1) is 6.58 Å². The molecule has 6 nitrogen and oxygen atoms in total. The number of ether oxygens (including phenoxy) is 3. The second kappa shape index (κ2) is 12.5. The number of hydrogen-bond acceptors (Lipinski definition) is 5. The minimum absolute atomic E-state index is 0.199. The summed E-state index contributed by atoms with van der Waals surface area (Å²) in [4.78, 5) is 12.2. The van der Waals surface area contributed by atoms with Crippen molar-refractivity contribution >= 4 is 28.1 Å². The van der Waals surface area contributed by atoms with Gasteiger partial charge >= 0.3 is 0 Å². The fourth-order valence-electron chi connectivity index (χ4n) is 2.98. The van der Waals surface area contributed by atoms with Crippen molar-refractivity contribution < 1.29 is 19.0 Å². The van der Waals surface area contributed by atoms with Crippen LogP contribution in [-0.4, -0.2) is 25.8 Å². The highest BCUT2D eigenvalue weighted by atomic mass is 79.9. The molecule has 0 aliphatic rings. The Bertz CT molecular complexity index is 1130. The molecular weight excluding hydrogens is 484 g/mol.